The number of hydrogen-bond acceptors (Lipinski definition) is 4. The fourth-order valence-corrected chi connectivity index (χ4v) is 4.66. The second-order valence-electron chi connectivity index (χ2n) is 7.74. The number of halogens is 1. The molecule has 2 heterocycles. The van der Waals surface area contributed by atoms with Crippen LogP contribution in [-0.4, -0.2) is 36.2 Å². The van der Waals surface area contributed by atoms with Crippen molar-refractivity contribution in [2.24, 2.45) is 0 Å². The highest BCUT2D eigenvalue weighted by molar-refractivity contribution is 9.10. The van der Waals surface area contributed by atoms with Crippen molar-refractivity contribution in [3.63, 3.8) is 0 Å². The van der Waals surface area contributed by atoms with Gasteiger partial charge in [0, 0.05) is 42.3 Å². The van der Waals surface area contributed by atoms with Gasteiger partial charge in [-0.1, -0.05) is 46.3 Å². The van der Waals surface area contributed by atoms with E-state index in [2.05, 4.69) is 69.1 Å². The van der Waals surface area contributed by atoms with Crippen LogP contribution in [0.1, 0.15) is 29.5 Å². The molecule has 0 spiro atoms. The summed E-state index contributed by atoms with van der Waals surface area (Å²) in [4.78, 5) is 7.03. The number of ether oxygens (including phenoxy) is 2. The molecule has 5 heteroatoms. The van der Waals surface area contributed by atoms with Crippen LogP contribution in [0.3, 0.4) is 0 Å². The van der Waals surface area contributed by atoms with Crippen molar-refractivity contribution in [1.29, 1.82) is 0 Å². The van der Waals surface area contributed by atoms with Gasteiger partial charge in [0.05, 0.1) is 13.2 Å². The number of methoxy groups -OCH3 is 1. The molecular weight excluding hydrogens is 428 g/mol. The average molecular weight is 455 g/mol. The number of benzene rings is 2. The summed E-state index contributed by atoms with van der Waals surface area (Å²) in [6.07, 6.45) is 4.54. The van der Waals surface area contributed by atoms with Crippen molar-refractivity contribution in [1.82, 2.24) is 9.88 Å². The summed E-state index contributed by atoms with van der Waals surface area (Å²) in [5, 5.41) is 2.25. The van der Waals surface area contributed by atoms with E-state index < -0.39 is 0 Å². The summed E-state index contributed by atoms with van der Waals surface area (Å²) in [5.41, 5.74) is 3.76. The third-order valence-electron chi connectivity index (χ3n) is 5.52. The SMILES string of the molecule is COc1ncc(CN(Cc2ccc(C)cc2Br)CC2CCCO2)c2ccccc12. The van der Waals surface area contributed by atoms with Crippen LogP contribution >= 0.6 is 15.9 Å². The fourth-order valence-electron chi connectivity index (χ4n) is 4.04. The third kappa shape index (κ3) is 4.80. The predicted octanol–water partition coefficient (Wildman–Crippen LogP) is 5.50. The van der Waals surface area contributed by atoms with Gasteiger partial charge < -0.3 is 9.47 Å². The van der Waals surface area contributed by atoms with E-state index in [0.29, 0.717) is 12.0 Å². The van der Waals surface area contributed by atoms with Crippen LogP contribution in [0.2, 0.25) is 0 Å². The van der Waals surface area contributed by atoms with Gasteiger partial charge in [0.15, 0.2) is 0 Å². The summed E-state index contributed by atoms with van der Waals surface area (Å²) < 4.78 is 12.6. The molecule has 29 heavy (non-hydrogen) atoms. The van der Waals surface area contributed by atoms with Crippen LogP contribution in [0, 0.1) is 6.92 Å². The first-order valence-electron chi connectivity index (χ1n) is 10.1. The zero-order valence-electron chi connectivity index (χ0n) is 17.0. The molecule has 4 nitrogen and oxygen atoms in total. The van der Waals surface area contributed by atoms with Crippen molar-refractivity contribution in [3.05, 3.63) is 69.8 Å². The number of fused-ring (bicyclic) bond motifs is 1. The van der Waals surface area contributed by atoms with Crippen LogP contribution in [0.15, 0.2) is 53.1 Å². The Kier molecular flexibility index (Phi) is 6.48. The molecule has 0 radical (unpaired) electrons. The number of pyridine rings is 1. The van der Waals surface area contributed by atoms with Gasteiger partial charge in [0.25, 0.3) is 0 Å². The van der Waals surface area contributed by atoms with Crippen molar-refractivity contribution in [2.75, 3.05) is 20.3 Å². The zero-order valence-corrected chi connectivity index (χ0v) is 18.6. The Morgan fingerprint density at radius 1 is 1.14 bits per heavy atom. The Balaban J connectivity index is 1.63. The topological polar surface area (TPSA) is 34.6 Å². The summed E-state index contributed by atoms with van der Waals surface area (Å²) in [7, 11) is 1.67. The third-order valence-corrected chi connectivity index (χ3v) is 6.25. The minimum absolute atomic E-state index is 0.302. The standard InChI is InChI=1S/C24H27BrN2O2/c1-17-9-10-18(23(25)12-17)14-27(16-20-6-5-11-29-20)15-19-13-26-24(28-2)22-8-4-3-7-21(19)22/h3-4,7-10,12-13,20H,5-6,11,14-16H2,1-2H3. The molecule has 0 N–H and O–H groups in total. The Bertz CT molecular complexity index is 986. The van der Waals surface area contributed by atoms with Gasteiger partial charge in [-0.05, 0) is 54.0 Å². The highest BCUT2D eigenvalue weighted by atomic mass is 79.9. The Labute approximate surface area is 181 Å². The maximum absolute atomic E-state index is 5.94. The van der Waals surface area contributed by atoms with Crippen molar-refractivity contribution >= 4 is 26.7 Å². The molecule has 152 valence electrons. The van der Waals surface area contributed by atoms with Crippen molar-refractivity contribution < 1.29 is 9.47 Å². The molecule has 1 fully saturated rings. The molecule has 1 unspecified atom stereocenters. The van der Waals surface area contributed by atoms with E-state index in [9.17, 15) is 0 Å². The Hall–Kier alpha value is -1.95. The summed E-state index contributed by atoms with van der Waals surface area (Å²) in [5.74, 6) is 0.677. The second kappa shape index (κ2) is 9.24. The van der Waals surface area contributed by atoms with Crippen molar-refractivity contribution in [3.8, 4) is 5.88 Å². The van der Waals surface area contributed by atoms with E-state index in [1.54, 1.807) is 7.11 Å². The van der Waals surface area contributed by atoms with E-state index in [0.717, 1.165) is 48.9 Å². The molecule has 1 aromatic heterocycles. The molecule has 0 saturated carbocycles. The lowest BCUT2D eigenvalue weighted by Crippen LogP contribution is -2.31. The highest BCUT2D eigenvalue weighted by Gasteiger charge is 2.21. The first-order chi connectivity index (χ1) is 14.1. The zero-order chi connectivity index (χ0) is 20.2. The van der Waals surface area contributed by atoms with Crippen LogP contribution in [0.4, 0.5) is 0 Å². The summed E-state index contributed by atoms with van der Waals surface area (Å²) >= 11 is 3.75. The lowest BCUT2D eigenvalue weighted by atomic mass is 10.1. The first-order valence-corrected chi connectivity index (χ1v) is 10.9. The maximum atomic E-state index is 5.94. The first kappa shape index (κ1) is 20.3. The molecule has 1 aliphatic rings. The molecule has 0 aliphatic carbocycles. The van der Waals surface area contributed by atoms with Gasteiger partial charge in [-0.15, -0.1) is 0 Å². The normalized spacial score (nSPS) is 16.6. The van der Waals surface area contributed by atoms with E-state index in [1.165, 1.54) is 22.1 Å². The molecule has 0 bridgehead atoms. The van der Waals surface area contributed by atoms with E-state index in [1.807, 2.05) is 12.3 Å². The molecule has 1 atom stereocenters. The minimum atomic E-state index is 0.302. The summed E-state index contributed by atoms with van der Waals surface area (Å²) in [6, 6.07) is 14.9. The molecule has 4 rings (SSSR count). The summed E-state index contributed by atoms with van der Waals surface area (Å²) in [6.45, 7) is 5.59. The van der Waals surface area contributed by atoms with Gasteiger partial charge >= 0.3 is 0 Å². The molecule has 2 aromatic carbocycles. The largest absolute Gasteiger partial charge is 0.481 e. The number of rotatable bonds is 7. The van der Waals surface area contributed by atoms with E-state index in [4.69, 9.17) is 9.47 Å². The lowest BCUT2D eigenvalue weighted by Gasteiger charge is -2.26. The lowest BCUT2D eigenvalue weighted by molar-refractivity contribution is 0.0679. The average Bonchev–Trinajstić information content (AvgIpc) is 3.23. The van der Waals surface area contributed by atoms with Crippen LogP contribution in [0.25, 0.3) is 10.8 Å². The van der Waals surface area contributed by atoms with Crippen LogP contribution in [-0.2, 0) is 17.8 Å². The van der Waals surface area contributed by atoms with E-state index >= 15 is 0 Å². The monoisotopic (exact) mass is 454 g/mol. The van der Waals surface area contributed by atoms with Gasteiger partial charge in [0.1, 0.15) is 0 Å². The smallest absolute Gasteiger partial charge is 0.221 e. The molecule has 3 aromatic rings. The fraction of sp³-hybridized carbons (Fsp3) is 0.375. The van der Waals surface area contributed by atoms with Gasteiger partial charge in [-0.25, -0.2) is 4.98 Å². The number of aryl methyl sites for hydroxylation is 1. The highest BCUT2D eigenvalue weighted by Crippen LogP contribution is 2.28. The van der Waals surface area contributed by atoms with Gasteiger partial charge in [0.2, 0.25) is 5.88 Å². The molecule has 0 amide bonds. The molecular formula is C24H27BrN2O2. The number of nitrogens with zero attached hydrogens (tertiary/aromatic N) is 2. The second-order valence-corrected chi connectivity index (χ2v) is 8.59. The predicted molar refractivity (Wildman–Crippen MR) is 120 cm³/mol. The van der Waals surface area contributed by atoms with Gasteiger partial charge in [-0.2, -0.15) is 0 Å². The van der Waals surface area contributed by atoms with Crippen LogP contribution in [0.5, 0.6) is 5.88 Å². The minimum Gasteiger partial charge on any atom is -0.481 e. The van der Waals surface area contributed by atoms with Crippen molar-refractivity contribution in [2.45, 2.75) is 39.0 Å². The number of hydrogen-bond donors (Lipinski definition) is 0. The van der Waals surface area contributed by atoms with E-state index in [-0.39, 0.29) is 0 Å². The van der Waals surface area contributed by atoms with Crippen LogP contribution < -0.4 is 4.74 Å². The molecule has 1 aliphatic heterocycles. The Morgan fingerprint density at radius 2 is 1.93 bits per heavy atom. The number of aromatic nitrogens is 1. The Morgan fingerprint density at radius 3 is 2.66 bits per heavy atom. The van der Waals surface area contributed by atoms with Gasteiger partial charge in [-0.3, -0.25) is 4.90 Å². The molecule has 1 saturated heterocycles. The maximum Gasteiger partial charge on any atom is 0.221 e. The quantitative estimate of drug-likeness (QED) is 0.472.